The van der Waals surface area contributed by atoms with Gasteiger partial charge in [-0.05, 0) is 50.3 Å². The van der Waals surface area contributed by atoms with E-state index in [1.165, 1.54) is 50.3 Å². The minimum atomic E-state index is -0.899. The Morgan fingerprint density at radius 2 is 1.65 bits per heavy atom. The number of para-hydroxylation sites is 1. The molecule has 0 fully saturated rings. The highest BCUT2D eigenvalue weighted by molar-refractivity contribution is 5.97. The van der Waals surface area contributed by atoms with Crippen LogP contribution in [0.3, 0.4) is 0 Å². The van der Waals surface area contributed by atoms with Crippen molar-refractivity contribution in [3.8, 4) is 23.0 Å². The number of phenols is 2. The number of phenolic OH excluding ortho intramolecular Hbond substituents is 2. The molecule has 10 nitrogen and oxygen atoms in total. The molecule has 0 aromatic heterocycles. The minimum absolute atomic E-state index is 0.0248. The number of rotatable bonds is 8. The van der Waals surface area contributed by atoms with Gasteiger partial charge in [-0.1, -0.05) is 12.6 Å². The van der Waals surface area contributed by atoms with Crippen molar-refractivity contribution in [3.05, 3.63) is 71.3 Å². The Morgan fingerprint density at radius 3 is 2.26 bits per heavy atom. The third-order valence-corrected chi connectivity index (χ3v) is 4.27. The highest BCUT2D eigenvalue weighted by Crippen LogP contribution is 2.31. The van der Waals surface area contributed by atoms with Crippen molar-refractivity contribution < 1.29 is 48.3 Å². The van der Waals surface area contributed by atoms with Crippen LogP contribution in [0.4, 0.5) is 0 Å². The van der Waals surface area contributed by atoms with Gasteiger partial charge in [0.2, 0.25) is 0 Å². The molecule has 0 saturated carbocycles. The Bertz CT molecular complexity index is 1180. The first-order chi connectivity index (χ1) is 16.0. The molecule has 0 spiro atoms. The summed E-state index contributed by atoms with van der Waals surface area (Å²) < 4.78 is 19.7. The smallest absolute Gasteiger partial charge is 0.341 e. The fourth-order valence-electron chi connectivity index (χ4n) is 2.40. The SMILES string of the molecule is C=C(C)C(=O)Oc1ccc(C(=O)OC/C=C(\C)C(=O)Oc2c(O)cccc2C(=O)OC)cc1O. The van der Waals surface area contributed by atoms with Crippen LogP contribution in [-0.2, 0) is 19.1 Å². The molecule has 2 aromatic carbocycles. The fourth-order valence-corrected chi connectivity index (χ4v) is 2.40. The lowest BCUT2D eigenvalue weighted by Gasteiger charge is -2.10. The van der Waals surface area contributed by atoms with E-state index < -0.39 is 35.4 Å². The van der Waals surface area contributed by atoms with Gasteiger partial charge in [0.15, 0.2) is 23.0 Å². The van der Waals surface area contributed by atoms with Crippen LogP contribution in [0.2, 0.25) is 0 Å². The summed E-state index contributed by atoms with van der Waals surface area (Å²) in [7, 11) is 1.14. The summed E-state index contributed by atoms with van der Waals surface area (Å²) in [4.78, 5) is 47.9. The van der Waals surface area contributed by atoms with Gasteiger partial charge in [0.1, 0.15) is 12.2 Å². The van der Waals surface area contributed by atoms with Gasteiger partial charge >= 0.3 is 23.9 Å². The maximum absolute atomic E-state index is 12.3. The maximum atomic E-state index is 12.3. The number of methoxy groups -OCH3 is 1. The molecule has 2 N–H and O–H groups in total. The molecule has 0 aliphatic carbocycles. The van der Waals surface area contributed by atoms with Crippen LogP contribution in [0.15, 0.2) is 60.2 Å². The Morgan fingerprint density at radius 1 is 0.941 bits per heavy atom. The van der Waals surface area contributed by atoms with Gasteiger partial charge in [-0.25, -0.2) is 19.2 Å². The number of hydrogen-bond acceptors (Lipinski definition) is 10. The molecular formula is C24H22O10. The highest BCUT2D eigenvalue weighted by Gasteiger charge is 2.20. The van der Waals surface area contributed by atoms with Crippen LogP contribution in [0, 0.1) is 0 Å². The Hall–Kier alpha value is -4.60. The minimum Gasteiger partial charge on any atom is -0.504 e. The monoisotopic (exact) mass is 470 g/mol. The number of esters is 4. The number of ether oxygens (including phenoxy) is 4. The zero-order chi connectivity index (χ0) is 25.4. The number of carbonyl (C=O) groups is 4. The van der Waals surface area contributed by atoms with Crippen molar-refractivity contribution in [2.75, 3.05) is 13.7 Å². The number of aromatic hydroxyl groups is 2. The second-order valence-electron chi connectivity index (χ2n) is 6.87. The van der Waals surface area contributed by atoms with Crippen molar-refractivity contribution in [2.45, 2.75) is 13.8 Å². The Balaban J connectivity index is 2.02. The van der Waals surface area contributed by atoms with E-state index in [1.54, 1.807) is 0 Å². The van der Waals surface area contributed by atoms with Crippen molar-refractivity contribution in [1.82, 2.24) is 0 Å². The molecule has 2 rings (SSSR count). The molecule has 0 heterocycles. The van der Waals surface area contributed by atoms with E-state index in [-0.39, 0.29) is 40.4 Å². The molecule has 178 valence electrons. The normalized spacial score (nSPS) is 10.7. The predicted octanol–water partition coefficient (Wildman–Crippen LogP) is 3.07. The Labute approximate surface area is 194 Å². The lowest BCUT2D eigenvalue weighted by atomic mass is 10.2. The fraction of sp³-hybridized carbons (Fsp3) is 0.167. The zero-order valence-electron chi connectivity index (χ0n) is 18.6. The lowest BCUT2D eigenvalue weighted by molar-refractivity contribution is -0.131. The van der Waals surface area contributed by atoms with Crippen LogP contribution >= 0.6 is 0 Å². The first-order valence-electron chi connectivity index (χ1n) is 9.72. The summed E-state index contributed by atoms with van der Waals surface area (Å²) in [6, 6.07) is 7.48. The second kappa shape index (κ2) is 11.3. The van der Waals surface area contributed by atoms with Crippen LogP contribution in [0.25, 0.3) is 0 Å². The highest BCUT2D eigenvalue weighted by atomic mass is 16.6. The molecule has 0 saturated heterocycles. The maximum Gasteiger partial charge on any atom is 0.341 e. The summed E-state index contributed by atoms with van der Waals surface area (Å²) in [6.45, 7) is 5.93. The van der Waals surface area contributed by atoms with Gasteiger partial charge in [-0.3, -0.25) is 0 Å². The first kappa shape index (κ1) is 25.7. The Kier molecular flexibility index (Phi) is 8.54. The van der Waals surface area contributed by atoms with Crippen LogP contribution < -0.4 is 9.47 Å². The lowest BCUT2D eigenvalue weighted by Crippen LogP contribution is -2.14. The third-order valence-electron chi connectivity index (χ3n) is 4.27. The van der Waals surface area contributed by atoms with E-state index in [1.807, 2.05) is 0 Å². The van der Waals surface area contributed by atoms with Gasteiger partial charge < -0.3 is 29.2 Å². The van der Waals surface area contributed by atoms with E-state index in [9.17, 15) is 29.4 Å². The van der Waals surface area contributed by atoms with Gasteiger partial charge in [0.25, 0.3) is 0 Å². The average Bonchev–Trinajstić information content (AvgIpc) is 2.80. The molecule has 34 heavy (non-hydrogen) atoms. The zero-order valence-corrected chi connectivity index (χ0v) is 18.6. The van der Waals surface area contributed by atoms with Crippen LogP contribution in [-0.4, -0.2) is 47.8 Å². The molecule has 10 heteroatoms. The topological polar surface area (TPSA) is 146 Å². The predicted molar refractivity (Wildman–Crippen MR) is 118 cm³/mol. The first-order valence-corrected chi connectivity index (χ1v) is 9.72. The molecule has 0 aliphatic heterocycles. The molecule has 0 bridgehead atoms. The van der Waals surface area contributed by atoms with Crippen LogP contribution in [0.5, 0.6) is 23.0 Å². The van der Waals surface area contributed by atoms with E-state index >= 15 is 0 Å². The van der Waals surface area contributed by atoms with Gasteiger partial charge in [0, 0.05) is 11.1 Å². The van der Waals surface area contributed by atoms with Crippen LogP contribution in [0.1, 0.15) is 34.6 Å². The molecular weight excluding hydrogens is 448 g/mol. The van der Waals surface area contributed by atoms with Gasteiger partial charge in [-0.2, -0.15) is 0 Å². The average molecular weight is 470 g/mol. The molecule has 0 radical (unpaired) electrons. The summed E-state index contributed by atoms with van der Waals surface area (Å²) in [5.41, 5.74) is -0.0187. The molecule has 2 aromatic rings. The quantitative estimate of drug-likeness (QED) is 0.335. The number of hydrogen-bond donors (Lipinski definition) is 2. The summed E-state index contributed by atoms with van der Waals surface area (Å²) >= 11 is 0. The van der Waals surface area contributed by atoms with Crippen molar-refractivity contribution in [3.63, 3.8) is 0 Å². The number of carbonyl (C=O) groups excluding carboxylic acids is 4. The van der Waals surface area contributed by atoms with Gasteiger partial charge in [-0.15, -0.1) is 0 Å². The van der Waals surface area contributed by atoms with Crippen molar-refractivity contribution in [2.24, 2.45) is 0 Å². The summed E-state index contributed by atoms with van der Waals surface area (Å²) in [5, 5.41) is 19.9. The molecule has 0 atom stereocenters. The van der Waals surface area contributed by atoms with Gasteiger partial charge in [0.05, 0.1) is 12.7 Å². The second-order valence-corrected chi connectivity index (χ2v) is 6.87. The van der Waals surface area contributed by atoms with E-state index in [4.69, 9.17) is 14.2 Å². The van der Waals surface area contributed by atoms with E-state index in [0.717, 1.165) is 13.2 Å². The summed E-state index contributed by atoms with van der Waals surface area (Å²) in [6.07, 6.45) is 1.25. The standard InChI is InChI=1S/C24H22O10/c1-13(2)21(27)33-19-9-8-15(12-18(19)26)23(29)32-11-10-14(3)22(28)34-20-16(24(30)31-4)6-5-7-17(20)25/h5-10,12,25-26H,1,11H2,2-4H3/b14-10+. The van der Waals surface area contributed by atoms with Crippen molar-refractivity contribution >= 4 is 23.9 Å². The molecule has 0 unspecified atom stereocenters. The van der Waals surface area contributed by atoms with E-state index in [2.05, 4.69) is 11.3 Å². The number of benzene rings is 2. The largest absolute Gasteiger partial charge is 0.504 e. The molecule has 0 amide bonds. The summed E-state index contributed by atoms with van der Waals surface area (Å²) in [5.74, 6) is -4.68. The molecule has 0 aliphatic rings. The van der Waals surface area contributed by atoms with Crippen molar-refractivity contribution in [1.29, 1.82) is 0 Å². The van der Waals surface area contributed by atoms with E-state index in [0.29, 0.717) is 0 Å². The third kappa shape index (κ3) is 6.45.